The van der Waals surface area contributed by atoms with Gasteiger partial charge in [0.2, 0.25) is 0 Å². The first-order valence-electron chi connectivity index (χ1n) is 6.96. The number of anilines is 1. The summed E-state index contributed by atoms with van der Waals surface area (Å²) in [6.07, 6.45) is 4.67. The van der Waals surface area contributed by atoms with Gasteiger partial charge in [0, 0.05) is 18.1 Å². The predicted octanol–water partition coefficient (Wildman–Crippen LogP) is 3.20. The van der Waals surface area contributed by atoms with Gasteiger partial charge in [-0.3, -0.25) is 9.20 Å². The lowest BCUT2D eigenvalue weighted by Crippen LogP contribution is -2.16. The summed E-state index contributed by atoms with van der Waals surface area (Å²) >= 11 is 0. The second kappa shape index (κ2) is 5.44. The topological polar surface area (TPSA) is 70.2 Å². The summed E-state index contributed by atoms with van der Waals surface area (Å²) in [7, 11) is 0. The van der Waals surface area contributed by atoms with E-state index in [0.29, 0.717) is 5.69 Å². The molecule has 0 unspecified atom stereocenters. The third kappa shape index (κ3) is 2.26. The number of nitrogens with zero attached hydrogens (tertiary/aromatic N) is 2. The molecule has 0 saturated heterocycles. The van der Waals surface area contributed by atoms with Crippen molar-refractivity contribution < 1.29 is 4.79 Å². The summed E-state index contributed by atoms with van der Waals surface area (Å²) in [5, 5.41) is 10.4. The summed E-state index contributed by atoms with van der Waals surface area (Å²) in [5.74, 6) is -0.216. The normalized spacial score (nSPS) is 10.6. The Bertz CT molecular complexity index is 879. The lowest BCUT2D eigenvalue weighted by Gasteiger charge is -2.13. The molecule has 1 amide bonds. The van der Waals surface area contributed by atoms with Crippen LogP contribution in [0.1, 0.15) is 27.2 Å². The average molecular weight is 292 g/mol. The van der Waals surface area contributed by atoms with Crippen LogP contribution in [0.25, 0.3) is 5.65 Å². The molecule has 1 aromatic carbocycles. The number of pyridine rings is 1. The minimum absolute atomic E-state index is 0.216. The van der Waals surface area contributed by atoms with Crippen LogP contribution >= 0.6 is 0 Å². The van der Waals surface area contributed by atoms with Crippen molar-refractivity contribution in [1.29, 1.82) is 5.41 Å². The Kier molecular flexibility index (Phi) is 3.47. The van der Waals surface area contributed by atoms with Crippen molar-refractivity contribution in [1.82, 2.24) is 9.38 Å². The zero-order valence-electron chi connectivity index (χ0n) is 12.4. The van der Waals surface area contributed by atoms with Crippen molar-refractivity contribution in [2.24, 2.45) is 0 Å². The van der Waals surface area contributed by atoms with Crippen LogP contribution in [0.4, 0.5) is 5.69 Å². The number of carbonyl (C=O) groups excluding carboxylic acids is 1. The molecule has 2 N–H and O–H groups in total. The molecule has 22 heavy (non-hydrogen) atoms. The summed E-state index contributed by atoms with van der Waals surface area (Å²) in [6.45, 7) is 3.84. The quantitative estimate of drug-likeness (QED) is 0.728. The largest absolute Gasteiger partial charge is 0.320 e. The van der Waals surface area contributed by atoms with Crippen molar-refractivity contribution in [2.75, 3.05) is 5.32 Å². The van der Waals surface area contributed by atoms with Gasteiger partial charge in [-0.05, 0) is 42.7 Å². The summed E-state index contributed by atoms with van der Waals surface area (Å²) in [5.41, 5.74) is 4.60. The molecule has 0 radical (unpaired) electrons. The maximum atomic E-state index is 12.6. The molecular weight excluding hydrogens is 276 g/mol. The molecule has 3 aromatic rings. The highest BCUT2D eigenvalue weighted by molar-refractivity contribution is 6.05. The standard InChI is InChI=1S/C17H16N4O/c1-11-6-7-13(9-18)12(2)16(11)20-17(22)14-10-19-15-5-3-4-8-21(14)15/h3-10,18H,1-2H3,(H,20,22). The van der Waals surface area contributed by atoms with Crippen LogP contribution in [0.3, 0.4) is 0 Å². The highest BCUT2D eigenvalue weighted by Crippen LogP contribution is 2.23. The third-order valence-corrected chi connectivity index (χ3v) is 3.76. The van der Waals surface area contributed by atoms with Gasteiger partial charge in [0.25, 0.3) is 5.91 Å². The molecule has 0 aliphatic rings. The first-order valence-corrected chi connectivity index (χ1v) is 6.96. The number of fused-ring (bicyclic) bond motifs is 1. The van der Waals surface area contributed by atoms with E-state index in [-0.39, 0.29) is 5.91 Å². The van der Waals surface area contributed by atoms with Gasteiger partial charge < -0.3 is 10.7 Å². The van der Waals surface area contributed by atoms with E-state index < -0.39 is 0 Å². The Hall–Kier alpha value is -2.95. The molecule has 0 spiro atoms. The summed E-state index contributed by atoms with van der Waals surface area (Å²) < 4.78 is 1.75. The number of hydrogen-bond acceptors (Lipinski definition) is 3. The van der Waals surface area contributed by atoms with Crippen molar-refractivity contribution >= 4 is 23.5 Å². The highest BCUT2D eigenvalue weighted by atomic mass is 16.1. The van der Waals surface area contributed by atoms with Gasteiger partial charge in [0.15, 0.2) is 0 Å². The van der Waals surface area contributed by atoms with Gasteiger partial charge in [0.1, 0.15) is 11.3 Å². The maximum absolute atomic E-state index is 12.6. The van der Waals surface area contributed by atoms with E-state index in [4.69, 9.17) is 5.41 Å². The maximum Gasteiger partial charge on any atom is 0.274 e. The zero-order valence-corrected chi connectivity index (χ0v) is 12.4. The monoisotopic (exact) mass is 292 g/mol. The molecule has 0 aliphatic heterocycles. The lowest BCUT2D eigenvalue weighted by atomic mass is 10.0. The fourth-order valence-corrected chi connectivity index (χ4v) is 2.49. The summed E-state index contributed by atoms with van der Waals surface area (Å²) in [6, 6.07) is 9.37. The van der Waals surface area contributed by atoms with Crippen molar-refractivity contribution in [3.05, 3.63) is 65.1 Å². The second-order valence-electron chi connectivity index (χ2n) is 5.14. The van der Waals surface area contributed by atoms with Gasteiger partial charge >= 0.3 is 0 Å². The fraction of sp³-hybridized carbons (Fsp3) is 0.118. The van der Waals surface area contributed by atoms with E-state index in [1.54, 1.807) is 10.6 Å². The van der Waals surface area contributed by atoms with Crippen LogP contribution in [-0.2, 0) is 0 Å². The number of benzene rings is 1. The zero-order chi connectivity index (χ0) is 15.7. The number of hydrogen-bond donors (Lipinski definition) is 2. The molecule has 0 fully saturated rings. The molecule has 0 aliphatic carbocycles. The Morgan fingerprint density at radius 2 is 2.09 bits per heavy atom. The van der Waals surface area contributed by atoms with Crippen LogP contribution in [0.15, 0.2) is 42.7 Å². The molecule has 2 aromatic heterocycles. The minimum Gasteiger partial charge on any atom is -0.320 e. The molecule has 0 bridgehead atoms. The number of aryl methyl sites for hydroxylation is 1. The SMILES string of the molecule is Cc1ccc(C=N)c(C)c1NC(=O)c1cnc2ccccn12. The van der Waals surface area contributed by atoms with Gasteiger partial charge in [-0.15, -0.1) is 0 Å². The van der Waals surface area contributed by atoms with Crippen LogP contribution in [0.2, 0.25) is 0 Å². The Morgan fingerprint density at radius 1 is 1.27 bits per heavy atom. The molecule has 0 atom stereocenters. The molecule has 3 rings (SSSR count). The van der Waals surface area contributed by atoms with Gasteiger partial charge in [-0.2, -0.15) is 0 Å². The first-order chi connectivity index (χ1) is 10.6. The molecule has 0 saturated carbocycles. The van der Waals surface area contributed by atoms with E-state index >= 15 is 0 Å². The second-order valence-corrected chi connectivity index (χ2v) is 5.14. The number of aromatic nitrogens is 2. The van der Waals surface area contributed by atoms with Crippen LogP contribution < -0.4 is 5.32 Å². The third-order valence-electron chi connectivity index (χ3n) is 3.76. The molecule has 2 heterocycles. The number of amides is 1. The first kappa shape index (κ1) is 14.0. The van der Waals surface area contributed by atoms with Gasteiger partial charge in [-0.1, -0.05) is 18.2 Å². The van der Waals surface area contributed by atoms with E-state index in [0.717, 1.165) is 28.0 Å². The number of carbonyl (C=O) groups is 1. The molecular formula is C17H16N4O. The minimum atomic E-state index is -0.216. The Balaban J connectivity index is 2.00. The van der Waals surface area contributed by atoms with Crippen LogP contribution in [-0.4, -0.2) is 21.5 Å². The van der Waals surface area contributed by atoms with Gasteiger partial charge in [-0.25, -0.2) is 4.98 Å². The highest BCUT2D eigenvalue weighted by Gasteiger charge is 2.15. The molecule has 110 valence electrons. The number of nitrogens with one attached hydrogen (secondary N) is 2. The Labute approximate surface area is 128 Å². The number of rotatable bonds is 3. The van der Waals surface area contributed by atoms with Crippen molar-refractivity contribution in [2.45, 2.75) is 13.8 Å². The predicted molar refractivity (Wildman–Crippen MR) is 86.9 cm³/mol. The number of imidazole rings is 1. The van der Waals surface area contributed by atoms with E-state index in [1.165, 1.54) is 6.21 Å². The smallest absolute Gasteiger partial charge is 0.274 e. The summed E-state index contributed by atoms with van der Waals surface area (Å²) in [4.78, 5) is 16.8. The van der Waals surface area contributed by atoms with E-state index in [9.17, 15) is 4.79 Å². The van der Waals surface area contributed by atoms with Crippen molar-refractivity contribution in [3.8, 4) is 0 Å². The molecule has 5 nitrogen and oxygen atoms in total. The van der Waals surface area contributed by atoms with E-state index in [1.807, 2.05) is 50.4 Å². The molecule has 5 heteroatoms. The van der Waals surface area contributed by atoms with Crippen LogP contribution in [0, 0.1) is 19.3 Å². The van der Waals surface area contributed by atoms with Gasteiger partial charge in [0.05, 0.1) is 6.20 Å². The lowest BCUT2D eigenvalue weighted by molar-refractivity contribution is 0.102. The fourth-order valence-electron chi connectivity index (χ4n) is 2.49. The van der Waals surface area contributed by atoms with Crippen LogP contribution in [0.5, 0.6) is 0 Å². The average Bonchev–Trinajstić information content (AvgIpc) is 2.95. The van der Waals surface area contributed by atoms with E-state index in [2.05, 4.69) is 10.3 Å². The Morgan fingerprint density at radius 3 is 2.86 bits per heavy atom. The van der Waals surface area contributed by atoms with Crippen molar-refractivity contribution in [3.63, 3.8) is 0 Å².